The van der Waals surface area contributed by atoms with E-state index in [1.165, 1.54) is 22.5 Å². The van der Waals surface area contributed by atoms with Crippen LogP contribution in [-0.2, 0) is 13.1 Å². The molecule has 2 aromatic rings. The minimum absolute atomic E-state index is 0.121. The van der Waals surface area contributed by atoms with Gasteiger partial charge in [-0.1, -0.05) is 49.4 Å². The van der Waals surface area contributed by atoms with E-state index in [-0.39, 0.29) is 5.92 Å². The number of carbonyl (C=O) groups is 1. The number of rotatable bonds is 3. The monoisotopic (exact) mass is 288 g/mol. The molecule has 0 atom stereocenters. The van der Waals surface area contributed by atoms with Gasteiger partial charge in [0.15, 0.2) is 5.13 Å². The van der Waals surface area contributed by atoms with Gasteiger partial charge in [-0.25, -0.2) is 9.78 Å². The molecule has 0 spiro atoms. The molecule has 5 heteroatoms. The Balaban J connectivity index is 1.93. The molecule has 1 N–H and O–H groups in total. The van der Waals surface area contributed by atoms with Crippen molar-refractivity contribution in [2.24, 2.45) is 0 Å². The minimum Gasteiger partial charge on any atom is -0.477 e. The molecule has 1 aromatic carbocycles. The Hall–Kier alpha value is -1.88. The fourth-order valence-electron chi connectivity index (χ4n) is 2.47. The standard InChI is InChI=1S/C15H16N2O2S/c1-9(2)12-13(14(18)19)20-15(16-12)17-7-10-5-3-4-6-11(10)8-17/h3-6,9H,7-8H2,1-2H3,(H,18,19). The van der Waals surface area contributed by atoms with Crippen molar-refractivity contribution in [2.75, 3.05) is 4.90 Å². The van der Waals surface area contributed by atoms with Crippen molar-refractivity contribution in [1.29, 1.82) is 0 Å². The molecule has 0 saturated carbocycles. The first kappa shape index (κ1) is 13.1. The number of fused-ring (bicyclic) bond motifs is 1. The molecule has 0 amide bonds. The molecule has 0 radical (unpaired) electrons. The van der Waals surface area contributed by atoms with Crippen LogP contribution in [0.3, 0.4) is 0 Å². The Morgan fingerprint density at radius 1 is 1.30 bits per heavy atom. The van der Waals surface area contributed by atoms with Crippen molar-refractivity contribution in [3.05, 3.63) is 46.0 Å². The van der Waals surface area contributed by atoms with E-state index >= 15 is 0 Å². The molecule has 0 aliphatic carbocycles. The van der Waals surface area contributed by atoms with Crippen molar-refractivity contribution in [3.63, 3.8) is 0 Å². The lowest BCUT2D eigenvalue weighted by Gasteiger charge is -2.12. The number of carboxylic acids is 1. The molecule has 1 aliphatic heterocycles. The lowest BCUT2D eigenvalue weighted by Crippen LogP contribution is -2.14. The van der Waals surface area contributed by atoms with Gasteiger partial charge in [-0.3, -0.25) is 0 Å². The molecule has 3 rings (SSSR count). The summed E-state index contributed by atoms with van der Waals surface area (Å²) in [5.74, 6) is -0.759. The summed E-state index contributed by atoms with van der Waals surface area (Å²) in [4.78, 5) is 18.4. The third-order valence-corrected chi connectivity index (χ3v) is 4.61. The predicted molar refractivity (Wildman–Crippen MR) is 79.5 cm³/mol. The summed E-state index contributed by atoms with van der Waals surface area (Å²) < 4.78 is 0. The maximum atomic E-state index is 11.3. The van der Waals surface area contributed by atoms with Crippen LogP contribution in [0.15, 0.2) is 24.3 Å². The van der Waals surface area contributed by atoms with Gasteiger partial charge in [-0.05, 0) is 17.0 Å². The zero-order chi connectivity index (χ0) is 14.3. The first-order chi connectivity index (χ1) is 9.56. The molecule has 0 fully saturated rings. The number of hydrogen-bond donors (Lipinski definition) is 1. The minimum atomic E-state index is -0.880. The summed E-state index contributed by atoms with van der Waals surface area (Å²) in [6, 6.07) is 8.30. The largest absolute Gasteiger partial charge is 0.477 e. The average Bonchev–Trinajstić information content (AvgIpc) is 3.02. The lowest BCUT2D eigenvalue weighted by atomic mass is 10.1. The number of nitrogens with zero attached hydrogens (tertiary/aromatic N) is 2. The van der Waals surface area contributed by atoms with E-state index in [1.807, 2.05) is 26.0 Å². The van der Waals surface area contributed by atoms with Gasteiger partial charge < -0.3 is 10.0 Å². The van der Waals surface area contributed by atoms with Crippen molar-refractivity contribution in [3.8, 4) is 0 Å². The van der Waals surface area contributed by atoms with Gasteiger partial charge in [0.1, 0.15) is 4.88 Å². The second kappa shape index (κ2) is 4.90. The molecular formula is C15H16N2O2S. The molecule has 4 nitrogen and oxygen atoms in total. The van der Waals surface area contributed by atoms with Gasteiger partial charge in [0.05, 0.1) is 5.69 Å². The number of anilines is 1. The second-order valence-electron chi connectivity index (χ2n) is 5.30. The Morgan fingerprint density at radius 3 is 2.35 bits per heavy atom. The summed E-state index contributed by atoms with van der Waals surface area (Å²) in [7, 11) is 0. The van der Waals surface area contributed by atoms with Crippen LogP contribution in [0.1, 0.15) is 46.3 Å². The number of aromatic nitrogens is 1. The molecule has 1 aromatic heterocycles. The molecule has 1 aliphatic rings. The Labute approximate surface area is 121 Å². The van der Waals surface area contributed by atoms with E-state index in [4.69, 9.17) is 0 Å². The zero-order valence-electron chi connectivity index (χ0n) is 11.5. The molecule has 0 unspecified atom stereocenters. The summed E-state index contributed by atoms with van der Waals surface area (Å²) in [6.07, 6.45) is 0. The Kier molecular flexibility index (Phi) is 3.22. The van der Waals surface area contributed by atoms with E-state index in [1.54, 1.807) is 0 Å². The van der Waals surface area contributed by atoms with Crippen molar-refractivity contribution in [2.45, 2.75) is 32.9 Å². The third-order valence-electron chi connectivity index (χ3n) is 3.49. The highest BCUT2D eigenvalue weighted by Crippen LogP contribution is 2.35. The van der Waals surface area contributed by atoms with Crippen LogP contribution in [0.2, 0.25) is 0 Å². The summed E-state index contributed by atoms with van der Waals surface area (Å²) >= 11 is 1.28. The summed E-state index contributed by atoms with van der Waals surface area (Å²) in [5.41, 5.74) is 3.28. The second-order valence-corrected chi connectivity index (χ2v) is 6.27. The SMILES string of the molecule is CC(C)c1nc(N2Cc3ccccc3C2)sc1C(=O)O. The zero-order valence-corrected chi connectivity index (χ0v) is 12.3. The van der Waals surface area contributed by atoms with Gasteiger partial charge in [0.25, 0.3) is 0 Å². The average molecular weight is 288 g/mol. The highest BCUT2D eigenvalue weighted by atomic mass is 32.1. The van der Waals surface area contributed by atoms with Crippen LogP contribution in [0, 0.1) is 0 Å². The molecule has 0 saturated heterocycles. The van der Waals surface area contributed by atoms with Crippen molar-refractivity contribution in [1.82, 2.24) is 4.98 Å². The van der Waals surface area contributed by atoms with Gasteiger partial charge in [0, 0.05) is 13.1 Å². The van der Waals surface area contributed by atoms with Gasteiger partial charge >= 0.3 is 5.97 Å². The lowest BCUT2D eigenvalue weighted by molar-refractivity contribution is 0.0700. The summed E-state index contributed by atoms with van der Waals surface area (Å²) in [6.45, 7) is 5.56. The van der Waals surface area contributed by atoms with Crippen LogP contribution >= 0.6 is 11.3 Å². The highest BCUT2D eigenvalue weighted by molar-refractivity contribution is 7.17. The van der Waals surface area contributed by atoms with E-state index in [0.29, 0.717) is 10.6 Å². The van der Waals surface area contributed by atoms with Crippen molar-refractivity contribution >= 4 is 22.4 Å². The maximum absolute atomic E-state index is 11.3. The number of thiazole rings is 1. The highest BCUT2D eigenvalue weighted by Gasteiger charge is 2.25. The van der Waals surface area contributed by atoms with Crippen molar-refractivity contribution < 1.29 is 9.90 Å². The van der Waals surface area contributed by atoms with E-state index in [9.17, 15) is 9.90 Å². The van der Waals surface area contributed by atoms with E-state index in [2.05, 4.69) is 22.0 Å². The number of hydrogen-bond acceptors (Lipinski definition) is 4. The summed E-state index contributed by atoms with van der Waals surface area (Å²) in [5, 5.41) is 10.1. The predicted octanol–water partition coefficient (Wildman–Crippen LogP) is 3.48. The molecule has 20 heavy (non-hydrogen) atoms. The quantitative estimate of drug-likeness (QED) is 0.939. The van der Waals surface area contributed by atoms with Gasteiger partial charge in [-0.15, -0.1) is 0 Å². The molecule has 0 bridgehead atoms. The number of aromatic carboxylic acids is 1. The van der Waals surface area contributed by atoms with Crippen LogP contribution in [0.25, 0.3) is 0 Å². The van der Waals surface area contributed by atoms with Crippen LogP contribution in [-0.4, -0.2) is 16.1 Å². The first-order valence-corrected chi connectivity index (χ1v) is 7.43. The topological polar surface area (TPSA) is 53.4 Å². The molecule has 2 heterocycles. The van der Waals surface area contributed by atoms with Gasteiger partial charge in [0.2, 0.25) is 0 Å². The number of benzene rings is 1. The van der Waals surface area contributed by atoms with E-state index in [0.717, 1.165) is 18.2 Å². The maximum Gasteiger partial charge on any atom is 0.347 e. The Morgan fingerprint density at radius 2 is 1.90 bits per heavy atom. The fraction of sp³-hybridized carbons (Fsp3) is 0.333. The van der Waals surface area contributed by atoms with Crippen LogP contribution in [0.5, 0.6) is 0 Å². The smallest absolute Gasteiger partial charge is 0.347 e. The van der Waals surface area contributed by atoms with Crippen LogP contribution in [0.4, 0.5) is 5.13 Å². The number of carboxylic acid groups (broad SMARTS) is 1. The Bertz CT molecular complexity index is 639. The van der Waals surface area contributed by atoms with Crippen LogP contribution < -0.4 is 4.90 Å². The first-order valence-electron chi connectivity index (χ1n) is 6.62. The third kappa shape index (κ3) is 2.18. The van der Waals surface area contributed by atoms with E-state index < -0.39 is 5.97 Å². The van der Waals surface area contributed by atoms with Gasteiger partial charge in [-0.2, -0.15) is 0 Å². The fourth-order valence-corrected chi connectivity index (χ4v) is 3.53. The normalized spacial score (nSPS) is 13.8. The molecular weight excluding hydrogens is 272 g/mol. The molecule has 104 valence electrons.